The summed E-state index contributed by atoms with van der Waals surface area (Å²) in [6.07, 6.45) is 7.14. The van der Waals surface area contributed by atoms with E-state index in [2.05, 4.69) is 0 Å². The Morgan fingerprint density at radius 1 is 1.40 bits per heavy atom. The predicted molar refractivity (Wildman–Crippen MR) is 58.5 cm³/mol. The summed E-state index contributed by atoms with van der Waals surface area (Å²) in [6.45, 7) is 1.91. The van der Waals surface area contributed by atoms with E-state index in [1.807, 2.05) is 6.08 Å². The average Bonchev–Trinajstić information content (AvgIpc) is 2.26. The molecule has 2 N–H and O–H groups in total. The van der Waals surface area contributed by atoms with Gasteiger partial charge in [-0.15, -0.1) is 0 Å². The number of hydrogen-bond acceptors (Lipinski definition) is 2. The van der Waals surface area contributed by atoms with Crippen molar-refractivity contribution < 1.29 is 15.0 Å². The van der Waals surface area contributed by atoms with Gasteiger partial charge >= 0.3 is 5.97 Å². The number of carbonyl (C=O) groups is 1. The van der Waals surface area contributed by atoms with E-state index in [0.29, 0.717) is 17.4 Å². The highest BCUT2D eigenvalue weighted by atomic mass is 16.4. The van der Waals surface area contributed by atoms with Crippen molar-refractivity contribution in [3.8, 4) is 0 Å². The summed E-state index contributed by atoms with van der Waals surface area (Å²) in [5.41, 5.74) is 0.432. The van der Waals surface area contributed by atoms with E-state index < -0.39 is 5.97 Å². The van der Waals surface area contributed by atoms with Crippen molar-refractivity contribution in [2.24, 2.45) is 11.8 Å². The van der Waals surface area contributed by atoms with Crippen LogP contribution in [0.4, 0.5) is 0 Å². The lowest BCUT2D eigenvalue weighted by molar-refractivity contribution is -0.132. The summed E-state index contributed by atoms with van der Waals surface area (Å²) in [4.78, 5) is 10.6. The molecule has 0 radical (unpaired) electrons. The third kappa shape index (κ3) is 4.04. The molecule has 0 heterocycles. The first-order valence-electron chi connectivity index (χ1n) is 5.64. The van der Waals surface area contributed by atoms with Gasteiger partial charge in [0, 0.05) is 12.2 Å². The Balaban J connectivity index is 2.38. The lowest BCUT2D eigenvalue weighted by Crippen LogP contribution is -2.18. The molecule has 0 amide bonds. The van der Waals surface area contributed by atoms with E-state index in [1.54, 1.807) is 6.92 Å². The number of allylic oxidation sites excluding steroid dienone is 1. The number of carboxylic acid groups (broad SMARTS) is 1. The second-order valence-corrected chi connectivity index (χ2v) is 4.51. The van der Waals surface area contributed by atoms with Crippen LogP contribution in [0.5, 0.6) is 0 Å². The summed E-state index contributed by atoms with van der Waals surface area (Å²) in [5, 5.41) is 17.8. The van der Waals surface area contributed by atoms with E-state index in [4.69, 9.17) is 10.2 Å². The molecule has 0 aromatic rings. The molecule has 1 aliphatic rings. The highest BCUT2D eigenvalue weighted by Crippen LogP contribution is 2.31. The van der Waals surface area contributed by atoms with Crippen molar-refractivity contribution >= 4 is 5.97 Å². The lowest BCUT2D eigenvalue weighted by Gasteiger charge is -2.27. The van der Waals surface area contributed by atoms with Gasteiger partial charge in [-0.1, -0.05) is 18.9 Å². The zero-order valence-corrected chi connectivity index (χ0v) is 9.28. The van der Waals surface area contributed by atoms with Gasteiger partial charge in [0.2, 0.25) is 0 Å². The van der Waals surface area contributed by atoms with Crippen molar-refractivity contribution in [1.82, 2.24) is 0 Å². The summed E-state index contributed by atoms with van der Waals surface area (Å²) in [6, 6.07) is 0. The van der Waals surface area contributed by atoms with Gasteiger partial charge < -0.3 is 10.2 Å². The van der Waals surface area contributed by atoms with E-state index in [1.165, 1.54) is 6.42 Å². The summed E-state index contributed by atoms with van der Waals surface area (Å²) in [7, 11) is 0. The van der Waals surface area contributed by atoms with Gasteiger partial charge in [0.25, 0.3) is 0 Å². The Morgan fingerprint density at radius 3 is 2.67 bits per heavy atom. The van der Waals surface area contributed by atoms with Gasteiger partial charge in [-0.25, -0.2) is 4.79 Å². The number of aliphatic carboxylic acids is 1. The topological polar surface area (TPSA) is 57.5 Å². The van der Waals surface area contributed by atoms with Crippen LogP contribution in [0.1, 0.15) is 39.0 Å². The third-order valence-electron chi connectivity index (χ3n) is 3.24. The molecular formula is C12H20O3. The van der Waals surface area contributed by atoms with E-state index >= 15 is 0 Å². The molecule has 0 aliphatic heterocycles. The normalized spacial score (nSPS) is 27.7. The first-order chi connectivity index (χ1) is 7.13. The Bertz CT molecular complexity index is 245. The molecule has 86 valence electrons. The van der Waals surface area contributed by atoms with Crippen molar-refractivity contribution in [1.29, 1.82) is 0 Å². The molecule has 0 aromatic carbocycles. The predicted octanol–water partition coefficient (Wildman–Crippen LogP) is 2.21. The molecular weight excluding hydrogens is 192 g/mol. The summed E-state index contributed by atoms with van der Waals surface area (Å²) >= 11 is 0. The Hall–Kier alpha value is -0.830. The second kappa shape index (κ2) is 5.91. The van der Waals surface area contributed by atoms with Crippen LogP contribution in [-0.2, 0) is 4.79 Å². The molecule has 15 heavy (non-hydrogen) atoms. The average molecular weight is 212 g/mol. The number of rotatable bonds is 4. The minimum absolute atomic E-state index is 0.276. The number of hydrogen-bond donors (Lipinski definition) is 2. The number of carboxylic acids is 1. The highest BCUT2D eigenvalue weighted by molar-refractivity contribution is 5.85. The van der Waals surface area contributed by atoms with Crippen LogP contribution < -0.4 is 0 Å². The van der Waals surface area contributed by atoms with Crippen LogP contribution in [0.3, 0.4) is 0 Å². The van der Waals surface area contributed by atoms with Crippen molar-refractivity contribution in [3.05, 3.63) is 11.6 Å². The largest absolute Gasteiger partial charge is 0.478 e. The maximum absolute atomic E-state index is 10.6. The van der Waals surface area contributed by atoms with Crippen LogP contribution in [-0.4, -0.2) is 22.8 Å². The maximum atomic E-state index is 10.6. The molecule has 0 aromatic heterocycles. The molecule has 1 aliphatic carbocycles. The lowest BCUT2D eigenvalue weighted by atomic mass is 9.80. The molecule has 0 saturated heterocycles. The van der Waals surface area contributed by atoms with Gasteiger partial charge in [0.15, 0.2) is 0 Å². The van der Waals surface area contributed by atoms with Crippen molar-refractivity contribution in [3.63, 3.8) is 0 Å². The molecule has 3 heteroatoms. The molecule has 1 rings (SSSR count). The van der Waals surface area contributed by atoms with Crippen LogP contribution >= 0.6 is 0 Å². The van der Waals surface area contributed by atoms with Crippen LogP contribution in [0.25, 0.3) is 0 Å². The zero-order chi connectivity index (χ0) is 11.3. The summed E-state index contributed by atoms with van der Waals surface area (Å²) in [5.74, 6) is 0.164. The Kier molecular flexibility index (Phi) is 4.82. The SMILES string of the molecule is CC(=CCC1CCCC(CO)C1)C(=O)O. The van der Waals surface area contributed by atoms with E-state index in [9.17, 15) is 4.79 Å². The molecule has 1 saturated carbocycles. The van der Waals surface area contributed by atoms with Crippen LogP contribution in [0.2, 0.25) is 0 Å². The number of aliphatic hydroxyl groups excluding tert-OH is 1. The van der Waals surface area contributed by atoms with Gasteiger partial charge in [-0.05, 0) is 38.0 Å². The van der Waals surface area contributed by atoms with E-state index in [-0.39, 0.29) is 6.61 Å². The second-order valence-electron chi connectivity index (χ2n) is 4.51. The fourth-order valence-electron chi connectivity index (χ4n) is 2.21. The fourth-order valence-corrected chi connectivity index (χ4v) is 2.21. The Labute approximate surface area is 90.8 Å². The van der Waals surface area contributed by atoms with Crippen molar-refractivity contribution in [2.75, 3.05) is 6.61 Å². The molecule has 2 atom stereocenters. The molecule has 0 spiro atoms. The number of aliphatic hydroxyl groups is 1. The minimum atomic E-state index is -0.829. The van der Waals surface area contributed by atoms with Gasteiger partial charge in [-0.3, -0.25) is 0 Å². The van der Waals surface area contributed by atoms with Crippen LogP contribution in [0.15, 0.2) is 11.6 Å². The van der Waals surface area contributed by atoms with E-state index in [0.717, 1.165) is 25.7 Å². The third-order valence-corrected chi connectivity index (χ3v) is 3.24. The monoisotopic (exact) mass is 212 g/mol. The molecule has 0 bridgehead atoms. The van der Waals surface area contributed by atoms with Crippen LogP contribution in [0, 0.1) is 11.8 Å². The molecule has 1 fully saturated rings. The first kappa shape index (κ1) is 12.2. The first-order valence-corrected chi connectivity index (χ1v) is 5.64. The zero-order valence-electron chi connectivity index (χ0n) is 9.28. The van der Waals surface area contributed by atoms with Gasteiger partial charge in [0.1, 0.15) is 0 Å². The molecule has 3 nitrogen and oxygen atoms in total. The van der Waals surface area contributed by atoms with Gasteiger partial charge in [0.05, 0.1) is 0 Å². The fraction of sp³-hybridized carbons (Fsp3) is 0.750. The van der Waals surface area contributed by atoms with Gasteiger partial charge in [-0.2, -0.15) is 0 Å². The Morgan fingerprint density at radius 2 is 2.07 bits per heavy atom. The highest BCUT2D eigenvalue weighted by Gasteiger charge is 2.20. The minimum Gasteiger partial charge on any atom is -0.478 e. The standard InChI is InChI=1S/C12H20O3/c1-9(12(14)15)5-6-10-3-2-4-11(7-10)8-13/h5,10-11,13H,2-4,6-8H2,1H3,(H,14,15). The summed E-state index contributed by atoms with van der Waals surface area (Å²) < 4.78 is 0. The smallest absolute Gasteiger partial charge is 0.330 e. The quantitative estimate of drug-likeness (QED) is 0.702. The van der Waals surface area contributed by atoms with Crippen molar-refractivity contribution in [2.45, 2.75) is 39.0 Å². The maximum Gasteiger partial charge on any atom is 0.330 e. The molecule has 2 unspecified atom stereocenters.